The van der Waals surface area contributed by atoms with Crippen LogP contribution < -0.4 is 14.8 Å². The molecule has 5 rings (SSSR count). The van der Waals surface area contributed by atoms with E-state index in [1.165, 1.54) is 11.3 Å². The SMILES string of the molecule is Cc1sc2nc(-c3ccc(C(=O)O)cc3)nc(NCCc3ccc4c(c3)OCCO4)c2c1Cl. The van der Waals surface area contributed by atoms with Crippen LogP contribution >= 0.6 is 22.9 Å². The number of aromatic nitrogens is 2. The number of ether oxygens (including phenoxy) is 2. The molecular formula is C24H20ClN3O4S. The molecule has 33 heavy (non-hydrogen) atoms. The van der Waals surface area contributed by atoms with Gasteiger partial charge >= 0.3 is 5.97 Å². The maximum atomic E-state index is 11.2. The first-order chi connectivity index (χ1) is 16.0. The molecule has 0 radical (unpaired) electrons. The number of nitrogens with one attached hydrogen (secondary N) is 1. The summed E-state index contributed by atoms with van der Waals surface area (Å²) in [5.41, 5.74) is 2.07. The maximum absolute atomic E-state index is 11.2. The fourth-order valence-corrected chi connectivity index (χ4v) is 4.93. The number of thiophene rings is 1. The maximum Gasteiger partial charge on any atom is 0.335 e. The second-order valence-electron chi connectivity index (χ2n) is 7.59. The molecule has 0 saturated heterocycles. The Morgan fingerprint density at radius 1 is 1.12 bits per heavy atom. The number of rotatable bonds is 6. The molecule has 168 valence electrons. The summed E-state index contributed by atoms with van der Waals surface area (Å²) in [5.74, 6) is 1.74. The first-order valence-corrected chi connectivity index (χ1v) is 11.6. The van der Waals surface area contributed by atoms with E-state index >= 15 is 0 Å². The molecule has 2 aromatic carbocycles. The molecule has 0 unspecified atom stereocenters. The number of benzene rings is 2. The lowest BCUT2D eigenvalue weighted by Crippen LogP contribution is -2.15. The van der Waals surface area contributed by atoms with Crippen molar-refractivity contribution in [2.75, 3.05) is 25.1 Å². The third kappa shape index (κ3) is 4.31. The molecule has 0 saturated carbocycles. The average Bonchev–Trinajstić information content (AvgIpc) is 3.12. The van der Waals surface area contributed by atoms with Crippen molar-refractivity contribution >= 4 is 44.9 Å². The van der Waals surface area contributed by atoms with E-state index in [-0.39, 0.29) is 5.56 Å². The van der Waals surface area contributed by atoms with Crippen molar-refractivity contribution in [2.45, 2.75) is 13.3 Å². The highest BCUT2D eigenvalue weighted by molar-refractivity contribution is 7.19. The van der Waals surface area contributed by atoms with Gasteiger partial charge < -0.3 is 19.9 Å². The lowest BCUT2D eigenvalue weighted by Gasteiger charge is -2.19. The quantitative estimate of drug-likeness (QED) is 0.378. The van der Waals surface area contributed by atoms with Crippen LogP contribution in [0, 0.1) is 6.92 Å². The van der Waals surface area contributed by atoms with Gasteiger partial charge in [-0.25, -0.2) is 14.8 Å². The number of aromatic carboxylic acids is 1. The van der Waals surface area contributed by atoms with Gasteiger partial charge in [0, 0.05) is 17.0 Å². The molecule has 0 bridgehead atoms. The lowest BCUT2D eigenvalue weighted by molar-refractivity contribution is 0.0697. The Balaban J connectivity index is 1.42. The van der Waals surface area contributed by atoms with Crippen LogP contribution in [-0.2, 0) is 6.42 Å². The number of aryl methyl sites for hydroxylation is 1. The summed E-state index contributed by atoms with van der Waals surface area (Å²) >= 11 is 8.08. The van der Waals surface area contributed by atoms with Crippen molar-refractivity contribution in [3.05, 3.63) is 63.5 Å². The minimum atomic E-state index is -0.972. The van der Waals surface area contributed by atoms with Crippen molar-refractivity contribution in [1.29, 1.82) is 0 Å². The highest BCUT2D eigenvalue weighted by Crippen LogP contribution is 2.38. The summed E-state index contributed by atoms with van der Waals surface area (Å²) < 4.78 is 11.3. The van der Waals surface area contributed by atoms with Gasteiger partial charge in [0.05, 0.1) is 16.0 Å². The van der Waals surface area contributed by atoms with Crippen molar-refractivity contribution in [2.24, 2.45) is 0 Å². The number of carboxylic acids is 1. The zero-order valence-electron chi connectivity index (χ0n) is 17.7. The van der Waals surface area contributed by atoms with Crippen LogP contribution in [0.1, 0.15) is 20.8 Å². The number of fused-ring (bicyclic) bond motifs is 2. The van der Waals surface area contributed by atoms with Crippen LogP contribution in [0.25, 0.3) is 21.6 Å². The predicted molar refractivity (Wildman–Crippen MR) is 129 cm³/mol. The number of hydrogen-bond donors (Lipinski definition) is 2. The molecule has 0 atom stereocenters. The largest absolute Gasteiger partial charge is 0.486 e. The Morgan fingerprint density at radius 2 is 1.88 bits per heavy atom. The van der Waals surface area contributed by atoms with Crippen molar-refractivity contribution in [3.63, 3.8) is 0 Å². The highest BCUT2D eigenvalue weighted by Gasteiger charge is 2.17. The van der Waals surface area contributed by atoms with Gasteiger partial charge in [-0.2, -0.15) is 0 Å². The molecule has 7 nitrogen and oxygen atoms in total. The van der Waals surface area contributed by atoms with Crippen LogP contribution in [-0.4, -0.2) is 40.8 Å². The van der Waals surface area contributed by atoms with E-state index in [2.05, 4.69) is 10.3 Å². The van der Waals surface area contributed by atoms with Crippen LogP contribution in [0.3, 0.4) is 0 Å². The molecule has 9 heteroatoms. The van der Waals surface area contributed by atoms with Gasteiger partial charge in [0.1, 0.15) is 23.9 Å². The first-order valence-electron chi connectivity index (χ1n) is 10.4. The average molecular weight is 482 g/mol. The Hall–Kier alpha value is -3.36. The molecular weight excluding hydrogens is 462 g/mol. The smallest absolute Gasteiger partial charge is 0.335 e. The van der Waals surface area contributed by atoms with Crippen molar-refractivity contribution in [1.82, 2.24) is 9.97 Å². The minimum absolute atomic E-state index is 0.215. The van der Waals surface area contributed by atoms with Gasteiger partial charge in [-0.3, -0.25) is 0 Å². The van der Waals surface area contributed by atoms with Gasteiger partial charge in [0.15, 0.2) is 17.3 Å². The molecule has 4 aromatic rings. The summed E-state index contributed by atoms with van der Waals surface area (Å²) in [6, 6.07) is 12.5. The van der Waals surface area contributed by atoms with Gasteiger partial charge in [-0.05, 0) is 43.2 Å². The van der Waals surface area contributed by atoms with Crippen LogP contribution in [0.15, 0.2) is 42.5 Å². The van der Waals surface area contributed by atoms with Crippen molar-refractivity contribution in [3.8, 4) is 22.9 Å². The third-order valence-corrected chi connectivity index (χ3v) is 6.94. The van der Waals surface area contributed by atoms with Crippen LogP contribution in [0.2, 0.25) is 5.02 Å². The number of carbonyl (C=O) groups is 1. The fraction of sp³-hybridized carbons (Fsp3) is 0.208. The molecule has 1 aliphatic rings. The van der Waals surface area contributed by atoms with E-state index in [4.69, 9.17) is 31.2 Å². The number of anilines is 1. The van der Waals surface area contributed by atoms with Gasteiger partial charge in [-0.15, -0.1) is 11.3 Å². The van der Waals surface area contributed by atoms with Gasteiger partial charge in [-0.1, -0.05) is 29.8 Å². The second kappa shape index (κ2) is 8.88. The molecule has 1 aliphatic heterocycles. The molecule has 2 aromatic heterocycles. The molecule has 0 spiro atoms. The Morgan fingerprint density at radius 3 is 2.64 bits per heavy atom. The number of carboxylic acid groups (broad SMARTS) is 1. The van der Waals surface area contributed by atoms with E-state index in [1.54, 1.807) is 24.3 Å². The second-order valence-corrected chi connectivity index (χ2v) is 9.17. The summed E-state index contributed by atoms with van der Waals surface area (Å²) in [7, 11) is 0. The summed E-state index contributed by atoms with van der Waals surface area (Å²) in [5, 5.41) is 14.0. The number of hydrogen-bond acceptors (Lipinski definition) is 7. The zero-order chi connectivity index (χ0) is 22.9. The summed E-state index contributed by atoms with van der Waals surface area (Å²) in [4.78, 5) is 22.3. The van der Waals surface area contributed by atoms with Crippen LogP contribution in [0.4, 0.5) is 5.82 Å². The highest BCUT2D eigenvalue weighted by atomic mass is 35.5. The Bertz CT molecular complexity index is 1350. The van der Waals surface area contributed by atoms with Gasteiger partial charge in [0.2, 0.25) is 0 Å². The number of halogens is 1. The molecule has 0 fully saturated rings. The van der Waals surface area contributed by atoms with E-state index < -0.39 is 5.97 Å². The molecule has 0 amide bonds. The summed E-state index contributed by atoms with van der Waals surface area (Å²) in [6.07, 6.45) is 0.755. The lowest BCUT2D eigenvalue weighted by atomic mass is 10.1. The van der Waals surface area contributed by atoms with E-state index in [9.17, 15) is 4.79 Å². The van der Waals surface area contributed by atoms with E-state index in [0.29, 0.717) is 36.4 Å². The Labute approximate surface area is 199 Å². The minimum Gasteiger partial charge on any atom is -0.486 e. The topological polar surface area (TPSA) is 93.6 Å². The third-order valence-electron chi connectivity index (χ3n) is 5.36. The van der Waals surface area contributed by atoms with Crippen LogP contribution in [0.5, 0.6) is 11.5 Å². The van der Waals surface area contributed by atoms with E-state index in [0.717, 1.165) is 44.1 Å². The molecule has 2 N–H and O–H groups in total. The first kappa shape index (κ1) is 21.5. The predicted octanol–water partition coefficient (Wildman–Crippen LogP) is 5.44. The van der Waals surface area contributed by atoms with Gasteiger partial charge in [0.25, 0.3) is 0 Å². The van der Waals surface area contributed by atoms with Crippen molar-refractivity contribution < 1.29 is 19.4 Å². The monoisotopic (exact) mass is 481 g/mol. The normalized spacial score (nSPS) is 12.7. The summed E-state index contributed by atoms with van der Waals surface area (Å²) in [6.45, 7) is 3.71. The molecule has 3 heterocycles. The zero-order valence-corrected chi connectivity index (χ0v) is 19.3. The standard InChI is InChI=1S/C24H20ClN3O4S/c1-13-20(25)19-22(26-9-8-14-2-7-17-18(12-14)32-11-10-31-17)27-21(28-23(19)33-13)15-3-5-16(6-4-15)24(29)30/h2-7,12H,8-11H2,1H3,(H,29,30)(H,26,27,28). The molecule has 0 aliphatic carbocycles. The number of nitrogens with zero attached hydrogens (tertiary/aromatic N) is 2. The fourth-order valence-electron chi connectivity index (χ4n) is 3.67. The Kier molecular flexibility index (Phi) is 5.78. The van der Waals surface area contributed by atoms with E-state index in [1.807, 2.05) is 25.1 Å².